The lowest BCUT2D eigenvalue weighted by Crippen LogP contribution is -2.25. The molecule has 0 radical (unpaired) electrons. The first kappa shape index (κ1) is 14.3. The van der Waals surface area contributed by atoms with Gasteiger partial charge in [0, 0.05) is 24.2 Å². The fraction of sp³-hybridized carbons (Fsp3) is 0.583. The van der Waals surface area contributed by atoms with E-state index in [1.807, 2.05) is 23.9 Å². The third-order valence-corrected chi connectivity index (χ3v) is 3.65. The predicted octanol–water partition coefficient (Wildman–Crippen LogP) is 1.94. The first-order valence-corrected chi connectivity index (χ1v) is 7.17. The van der Waals surface area contributed by atoms with Gasteiger partial charge in [-0.05, 0) is 25.2 Å². The molecule has 0 amide bonds. The van der Waals surface area contributed by atoms with Gasteiger partial charge >= 0.3 is 0 Å². The second-order valence-electron chi connectivity index (χ2n) is 3.76. The van der Waals surface area contributed by atoms with E-state index in [2.05, 4.69) is 29.2 Å². The number of hydrazine groups is 1. The quantitative estimate of drug-likeness (QED) is 0.422. The van der Waals surface area contributed by atoms with Gasteiger partial charge in [-0.3, -0.25) is 10.8 Å². The molecule has 0 saturated carbocycles. The van der Waals surface area contributed by atoms with Crippen LogP contribution in [0.25, 0.3) is 0 Å². The van der Waals surface area contributed by atoms with Crippen LogP contribution < -0.4 is 11.3 Å². The molecule has 0 aliphatic rings. The molecule has 0 aliphatic carbocycles. The smallest absolute Gasteiger partial charge is 0.0523 e. The van der Waals surface area contributed by atoms with Crippen molar-refractivity contribution < 1.29 is 0 Å². The summed E-state index contributed by atoms with van der Waals surface area (Å²) in [4.78, 5) is 6.74. The van der Waals surface area contributed by atoms with Gasteiger partial charge < -0.3 is 10.3 Å². The topological polar surface area (TPSA) is 54.2 Å². The van der Waals surface area contributed by atoms with Crippen LogP contribution in [0.15, 0.2) is 18.3 Å². The van der Waals surface area contributed by atoms with E-state index in [1.54, 1.807) is 6.20 Å². The molecule has 1 rings (SSSR count). The first-order valence-electron chi connectivity index (χ1n) is 6.01. The third-order valence-electron chi connectivity index (χ3n) is 2.68. The first-order chi connectivity index (χ1) is 8.30. The van der Waals surface area contributed by atoms with Crippen LogP contribution in [0.1, 0.15) is 19.5 Å². The highest BCUT2D eigenvalue weighted by Crippen LogP contribution is 2.13. The number of pyridine rings is 1. The molecular formula is C12H22N4S. The van der Waals surface area contributed by atoms with Gasteiger partial charge in [0.1, 0.15) is 0 Å². The Balaban J connectivity index is 2.26. The van der Waals surface area contributed by atoms with Crippen molar-refractivity contribution in [2.45, 2.75) is 19.6 Å². The molecule has 5 heteroatoms. The fourth-order valence-electron chi connectivity index (χ4n) is 1.56. The molecule has 17 heavy (non-hydrogen) atoms. The van der Waals surface area contributed by atoms with Gasteiger partial charge in [-0.1, -0.05) is 13.8 Å². The van der Waals surface area contributed by atoms with Crippen LogP contribution in [0.4, 0.5) is 5.69 Å². The monoisotopic (exact) mass is 254 g/mol. The molecule has 0 bridgehead atoms. The fourth-order valence-corrected chi connectivity index (χ4v) is 2.46. The number of nitrogens with two attached hydrogens (primary N) is 1. The van der Waals surface area contributed by atoms with Gasteiger partial charge in [-0.25, -0.2) is 0 Å². The summed E-state index contributed by atoms with van der Waals surface area (Å²) < 4.78 is 0. The van der Waals surface area contributed by atoms with Gasteiger partial charge in [-0.2, -0.15) is 11.8 Å². The molecule has 1 aromatic rings. The minimum Gasteiger partial charge on any atom is -0.324 e. The van der Waals surface area contributed by atoms with E-state index in [0.29, 0.717) is 0 Å². The van der Waals surface area contributed by atoms with Crippen molar-refractivity contribution in [1.29, 1.82) is 0 Å². The van der Waals surface area contributed by atoms with Crippen molar-refractivity contribution in [3.63, 3.8) is 0 Å². The molecule has 0 fully saturated rings. The Hall–Kier alpha value is -0.780. The number of nitrogens with zero attached hydrogens (tertiary/aromatic N) is 2. The number of nitrogens with one attached hydrogen (secondary N) is 1. The lowest BCUT2D eigenvalue weighted by atomic mass is 10.3. The van der Waals surface area contributed by atoms with Crippen LogP contribution in [-0.4, -0.2) is 35.3 Å². The Morgan fingerprint density at radius 3 is 2.82 bits per heavy atom. The molecule has 0 aliphatic heterocycles. The van der Waals surface area contributed by atoms with Gasteiger partial charge in [0.25, 0.3) is 0 Å². The van der Waals surface area contributed by atoms with Gasteiger partial charge in [0.2, 0.25) is 0 Å². The minimum absolute atomic E-state index is 0.916. The van der Waals surface area contributed by atoms with E-state index in [1.165, 1.54) is 0 Å². The largest absolute Gasteiger partial charge is 0.324 e. The zero-order valence-corrected chi connectivity index (χ0v) is 11.5. The maximum Gasteiger partial charge on any atom is 0.0523 e. The van der Waals surface area contributed by atoms with E-state index in [9.17, 15) is 0 Å². The summed E-state index contributed by atoms with van der Waals surface area (Å²) in [5.41, 5.74) is 4.63. The summed E-state index contributed by atoms with van der Waals surface area (Å²) in [5.74, 6) is 7.44. The SMILES string of the molecule is CCN(CC)CCSCc1cc(NN)ccn1. The molecule has 96 valence electrons. The van der Waals surface area contributed by atoms with Crippen molar-refractivity contribution in [3.8, 4) is 0 Å². The number of anilines is 1. The lowest BCUT2D eigenvalue weighted by Gasteiger charge is -2.17. The Morgan fingerprint density at radius 1 is 1.41 bits per heavy atom. The summed E-state index contributed by atoms with van der Waals surface area (Å²) in [6, 6.07) is 3.86. The number of hydrogen-bond donors (Lipinski definition) is 2. The Kier molecular flexibility index (Phi) is 7.00. The highest BCUT2D eigenvalue weighted by atomic mass is 32.2. The summed E-state index contributed by atoms with van der Waals surface area (Å²) in [6.07, 6.45) is 1.79. The minimum atomic E-state index is 0.916. The number of aromatic nitrogens is 1. The number of rotatable bonds is 8. The molecule has 1 aromatic heterocycles. The molecule has 4 nitrogen and oxygen atoms in total. The van der Waals surface area contributed by atoms with E-state index < -0.39 is 0 Å². The molecule has 0 atom stereocenters. The lowest BCUT2D eigenvalue weighted by molar-refractivity contribution is 0.324. The molecule has 0 unspecified atom stereocenters. The van der Waals surface area contributed by atoms with Crippen molar-refractivity contribution in [3.05, 3.63) is 24.0 Å². The summed E-state index contributed by atoms with van der Waals surface area (Å²) in [7, 11) is 0. The zero-order chi connectivity index (χ0) is 12.5. The van der Waals surface area contributed by atoms with Crippen LogP contribution in [-0.2, 0) is 5.75 Å². The maximum atomic E-state index is 5.36. The Labute approximate surface area is 108 Å². The second kappa shape index (κ2) is 8.33. The molecule has 0 aromatic carbocycles. The van der Waals surface area contributed by atoms with E-state index >= 15 is 0 Å². The summed E-state index contributed by atoms with van der Waals surface area (Å²) in [6.45, 7) is 7.80. The molecule has 0 spiro atoms. The third kappa shape index (κ3) is 5.39. The average molecular weight is 254 g/mol. The normalized spacial score (nSPS) is 10.8. The van der Waals surface area contributed by atoms with Gasteiger partial charge in [0.05, 0.1) is 11.4 Å². The van der Waals surface area contributed by atoms with E-state index in [-0.39, 0.29) is 0 Å². The van der Waals surface area contributed by atoms with Crippen LogP contribution in [0.5, 0.6) is 0 Å². The van der Waals surface area contributed by atoms with Crippen LogP contribution in [0.3, 0.4) is 0 Å². The number of thioether (sulfide) groups is 1. The molecule has 1 heterocycles. The second-order valence-corrected chi connectivity index (χ2v) is 4.86. The molecular weight excluding hydrogens is 232 g/mol. The van der Waals surface area contributed by atoms with Crippen molar-refractivity contribution in [2.75, 3.05) is 30.8 Å². The number of hydrogen-bond acceptors (Lipinski definition) is 5. The van der Waals surface area contributed by atoms with Crippen LogP contribution >= 0.6 is 11.8 Å². The standard InChI is InChI=1S/C12H22N4S/c1-3-16(4-2)7-8-17-10-12-9-11(15-13)5-6-14-12/h5-6,9H,3-4,7-8,10,13H2,1-2H3,(H,14,15). The summed E-state index contributed by atoms with van der Waals surface area (Å²) in [5, 5.41) is 0. The maximum absolute atomic E-state index is 5.36. The molecule has 0 saturated heterocycles. The highest BCUT2D eigenvalue weighted by Gasteiger charge is 2.00. The van der Waals surface area contributed by atoms with E-state index in [4.69, 9.17) is 5.84 Å². The van der Waals surface area contributed by atoms with Gasteiger partial charge in [-0.15, -0.1) is 0 Å². The zero-order valence-electron chi connectivity index (χ0n) is 10.6. The summed E-state index contributed by atoms with van der Waals surface area (Å²) >= 11 is 1.91. The number of nitrogen functional groups attached to an aromatic ring is 1. The van der Waals surface area contributed by atoms with Crippen molar-refractivity contribution >= 4 is 17.4 Å². The predicted molar refractivity (Wildman–Crippen MR) is 76.0 cm³/mol. The van der Waals surface area contributed by atoms with Crippen molar-refractivity contribution in [1.82, 2.24) is 9.88 Å². The Morgan fingerprint density at radius 2 is 2.18 bits per heavy atom. The van der Waals surface area contributed by atoms with Crippen LogP contribution in [0.2, 0.25) is 0 Å². The van der Waals surface area contributed by atoms with E-state index in [0.717, 1.165) is 42.5 Å². The highest BCUT2D eigenvalue weighted by molar-refractivity contribution is 7.98. The van der Waals surface area contributed by atoms with Gasteiger partial charge in [0.15, 0.2) is 0 Å². The van der Waals surface area contributed by atoms with Crippen LogP contribution in [0, 0.1) is 0 Å². The van der Waals surface area contributed by atoms with Crippen molar-refractivity contribution in [2.24, 2.45) is 5.84 Å². The average Bonchev–Trinajstić information content (AvgIpc) is 2.39. The Bertz CT molecular complexity index is 315. The molecule has 3 N–H and O–H groups in total.